The van der Waals surface area contributed by atoms with Crippen LogP contribution in [0.1, 0.15) is 18.4 Å². The number of nitro benzene ring substituents is 1. The van der Waals surface area contributed by atoms with Crippen molar-refractivity contribution in [2.45, 2.75) is 18.3 Å². The lowest BCUT2D eigenvalue weighted by atomic mass is 9.74. The van der Waals surface area contributed by atoms with Crippen molar-refractivity contribution < 1.29 is 4.92 Å². The standard InChI is InChI=1S/C13H15N3O2/c1-15-8-6-13(10-14,7-9-15)11-2-4-12(5-3-11)16(17)18/h2-5H,6-9H2,1H3. The van der Waals surface area contributed by atoms with Crippen molar-refractivity contribution in [3.63, 3.8) is 0 Å². The maximum atomic E-state index is 10.6. The molecule has 1 aliphatic heterocycles. The summed E-state index contributed by atoms with van der Waals surface area (Å²) in [4.78, 5) is 12.4. The minimum Gasteiger partial charge on any atom is -0.306 e. The molecule has 1 aromatic rings. The molecule has 94 valence electrons. The molecule has 5 heteroatoms. The second kappa shape index (κ2) is 4.75. The van der Waals surface area contributed by atoms with E-state index in [0.29, 0.717) is 0 Å². The van der Waals surface area contributed by atoms with Gasteiger partial charge in [0.1, 0.15) is 0 Å². The molecule has 1 heterocycles. The van der Waals surface area contributed by atoms with Crippen LogP contribution in [0.25, 0.3) is 0 Å². The Balaban J connectivity index is 2.28. The lowest BCUT2D eigenvalue weighted by Gasteiger charge is -2.35. The number of benzene rings is 1. The van der Waals surface area contributed by atoms with Gasteiger partial charge in [-0.1, -0.05) is 12.1 Å². The van der Waals surface area contributed by atoms with Gasteiger partial charge in [-0.15, -0.1) is 0 Å². The number of likely N-dealkylation sites (tertiary alicyclic amines) is 1. The molecule has 2 rings (SSSR count). The monoisotopic (exact) mass is 245 g/mol. The largest absolute Gasteiger partial charge is 0.306 e. The van der Waals surface area contributed by atoms with Gasteiger partial charge in [0, 0.05) is 12.1 Å². The predicted molar refractivity (Wildman–Crippen MR) is 67.1 cm³/mol. The molecule has 18 heavy (non-hydrogen) atoms. The molecule has 0 spiro atoms. The summed E-state index contributed by atoms with van der Waals surface area (Å²) in [6.45, 7) is 1.76. The van der Waals surface area contributed by atoms with Gasteiger partial charge in [0.15, 0.2) is 0 Å². The number of nitriles is 1. The summed E-state index contributed by atoms with van der Waals surface area (Å²) < 4.78 is 0. The molecule has 0 saturated carbocycles. The number of nitro groups is 1. The molecule has 0 aliphatic carbocycles. The molecule has 1 aliphatic rings. The van der Waals surface area contributed by atoms with E-state index in [9.17, 15) is 15.4 Å². The first kappa shape index (κ1) is 12.5. The Morgan fingerprint density at radius 1 is 1.33 bits per heavy atom. The Bertz CT molecular complexity index is 482. The second-order valence-electron chi connectivity index (χ2n) is 4.80. The van der Waals surface area contributed by atoms with Gasteiger partial charge in [0.25, 0.3) is 5.69 Å². The van der Waals surface area contributed by atoms with E-state index in [4.69, 9.17) is 0 Å². The third kappa shape index (κ3) is 2.20. The molecule has 0 N–H and O–H groups in total. The summed E-state index contributed by atoms with van der Waals surface area (Å²) in [5.74, 6) is 0. The molecule has 1 aromatic carbocycles. The average molecular weight is 245 g/mol. The Morgan fingerprint density at radius 3 is 2.33 bits per heavy atom. The van der Waals surface area contributed by atoms with Crippen LogP contribution in [-0.2, 0) is 5.41 Å². The maximum Gasteiger partial charge on any atom is 0.269 e. The molecule has 0 aromatic heterocycles. The summed E-state index contributed by atoms with van der Waals surface area (Å²) in [7, 11) is 2.04. The zero-order valence-corrected chi connectivity index (χ0v) is 10.3. The average Bonchev–Trinajstić information content (AvgIpc) is 2.40. The molecule has 0 amide bonds. The van der Waals surface area contributed by atoms with Gasteiger partial charge in [-0.05, 0) is 38.5 Å². The summed E-state index contributed by atoms with van der Waals surface area (Å²) in [6, 6.07) is 8.79. The van der Waals surface area contributed by atoms with E-state index in [0.717, 1.165) is 31.5 Å². The highest BCUT2D eigenvalue weighted by Gasteiger charge is 2.35. The number of non-ortho nitro benzene ring substituents is 1. The van der Waals surface area contributed by atoms with Crippen molar-refractivity contribution in [3.8, 4) is 6.07 Å². The van der Waals surface area contributed by atoms with E-state index in [1.807, 2.05) is 7.05 Å². The number of hydrogen-bond donors (Lipinski definition) is 0. The SMILES string of the molecule is CN1CCC(C#N)(c2ccc([N+](=O)[O-])cc2)CC1. The quantitative estimate of drug-likeness (QED) is 0.590. The first-order chi connectivity index (χ1) is 8.57. The minimum absolute atomic E-state index is 0.0692. The molecule has 0 atom stereocenters. The van der Waals surface area contributed by atoms with Crippen LogP contribution >= 0.6 is 0 Å². The fourth-order valence-corrected chi connectivity index (χ4v) is 2.37. The molecule has 1 saturated heterocycles. The van der Waals surface area contributed by atoms with Crippen LogP contribution in [0.2, 0.25) is 0 Å². The lowest BCUT2D eigenvalue weighted by Crippen LogP contribution is -2.39. The van der Waals surface area contributed by atoms with E-state index in [2.05, 4.69) is 11.0 Å². The second-order valence-corrected chi connectivity index (χ2v) is 4.80. The lowest BCUT2D eigenvalue weighted by molar-refractivity contribution is -0.384. The van der Waals surface area contributed by atoms with E-state index in [1.54, 1.807) is 12.1 Å². The zero-order chi connectivity index (χ0) is 13.2. The Morgan fingerprint density at radius 2 is 1.89 bits per heavy atom. The van der Waals surface area contributed by atoms with Gasteiger partial charge >= 0.3 is 0 Å². The normalized spacial score (nSPS) is 19.1. The minimum atomic E-state index is -0.484. The summed E-state index contributed by atoms with van der Waals surface area (Å²) in [5, 5.41) is 20.1. The van der Waals surface area contributed by atoms with Crippen molar-refractivity contribution in [2.75, 3.05) is 20.1 Å². The van der Waals surface area contributed by atoms with Crippen LogP contribution in [0, 0.1) is 21.4 Å². The summed E-state index contributed by atoms with van der Waals surface area (Å²) >= 11 is 0. The first-order valence-electron chi connectivity index (χ1n) is 5.92. The van der Waals surface area contributed by atoms with Gasteiger partial charge < -0.3 is 4.90 Å². The Hall–Kier alpha value is -1.93. The molecular formula is C13H15N3O2. The van der Waals surface area contributed by atoms with Gasteiger partial charge in [-0.25, -0.2) is 0 Å². The van der Waals surface area contributed by atoms with Crippen LogP contribution in [0.5, 0.6) is 0 Å². The van der Waals surface area contributed by atoms with Gasteiger partial charge in [-0.2, -0.15) is 5.26 Å². The molecule has 0 bridgehead atoms. The van der Waals surface area contributed by atoms with Crippen LogP contribution in [0.4, 0.5) is 5.69 Å². The topological polar surface area (TPSA) is 70.2 Å². The molecule has 0 radical (unpaired) electrons. The molecule has 1 fully saturated rings. The molecule has 5 nitrogen and oxygen atoms in total. The van der Waals surface area contributed by atoms with Crippen LogP contribution < -0.4 is 0 Å². The zero-order valence-electron chi connectivity index (χ0n) is 10.3. The number of rotatable bonds is 2. The maximum absolute atomic E-state index is 10.6. The summed E-state index contributed by atoms with van der Waals surface area (Å²) in [6.07, 6.45) is 1.55. The van der Waals surface area contributed by atoms with Crippen LogP contribution in [0.3, 0.4) is 0 Å². The fourth-order valence-electron chi connectivity index (χ4n) is 2.37. The van der Waals surface area contributed by atoms with Gasteiger partial charge in [0.05, 0.1) is 16.4 Å². The van der Waals surface area contributed by atoms with Crippen LogP contribution in [-0.4, -0.2) is 30.0 Å². The number of hydrogen-bond acceptors (Lipinski definition) is 4. The van der Waals surface area contributed by atoms with Crippen molar-refractivity contribution in [1.29, 1.82) is 5.26 Å². The van der Waals surface area contributed by atoms with E-state index in [-0.39, 0.29) is 5.69 Å². The highest BCUT2D eigenvalue weighted by molar-refractivity contribution is 5.40. The van der Waals surface area contributed by atoms with Crippen molar-refractivity contribution in [1.82, 2.24) is 4.90 Å². The van der Waals surface area contributed by atoms with Gasteiger partial charge in [-0.3, -0.25) is 10.1 Å². The third-order valence-corrected chi connectivity index (χ3v) is 3.69. The fraction of sp³-hybridized carbons (Fsp3) is 0.462. The third-order valence-electron chi connectivity index (χ3n) is 3.69. The van der Waals surface area contributed by atoms with E-state index >= 15 is 0 Å². The smallest absolute Gasteiger partial charge is 0.269 e. The first-order valence-corrected chi connectivity index (χ1v) is 5.92. The highest BCUT2D eigenvalue weighted by Crippen LogP contribution is 2.35. The van der Waals surface area contributed by atoms with Crippen molar-refractivity contribution in [3.05, 3.63) is 39.9 Å². The number of piperidine rings is 1. The Labute approximate surface area is 106 Å². The summed E-state index contributed by atoms with van der Waals surface area (Å²) in [5.41, 5.74) is 0.477. The van der Waals surface area contributed by atoms with E-state index < -0.39 is 10.3 Å². The van der Waals surface area contributed by atoms with Crippen LogP contribution in [0.15, 0.2) is 24.3 Å². The Kier molecular flexibility index (Phi) is 3.30. The van der Waals surface area contributed by atoms with Crippen molar-refractivity contribution in [2.24, 2.45) is 0 Å². The van der Waals surface area contributed by atoms with Gasteiger partial charge in [0.2, 0.25) is 0 Å². The highest BCUT2D eigenvalue weighted by atomic mass is 16.6. The van der Waals surface area contributed by atoms with Crippen molar-refractivity contribution >= 4 is 5.69 Å². The molecule has 0 unspecified atom stereocenters. The molecular weight excluding hydrogens is 230 g/mol. The predicted octanol–water partition coefficient (Wildman–Crippen LogP) is 2.08. The number of nitrogens with zero attached hydrogens (tertiary/aromatic N) is 3. The van der Waals surface area contributed by atoms with E-state index in [1.165, 1.54) is 12.1 Å².